The van der Waals surface area contributed by atoms with E-state index in [1.54, 1.807) is 12.1 Å². The number of hydrogen-bond acceptors (Lipinski definition) is 1. The number of hydrogen-bond donors (Lipinski definition) is 0. The van der Waals surface area contributed by atoms with Crippen molar-refractivity contribution < 1.29 is 4.39 Å². The zero-order valence-electron chi connectivity index (χ0n) is 6.79. The lowest BCUT2D eigenvalue weighted by Gasteiger charge is -2.07. The van der Waals surface area contributed by atoms with Crippen LogP contribution in [0, 0.1) is 5.82 Å². The van der Waals surface area contributed by atoms with Crippen LogP contribution in [-0.4, -0.2) is 5.75 Å². The molecule has 1 aromatic carbocycles. The number of halogens is 1. The second-order valence-electron chi connectivity index (χ2n) is 3.05. The van der Waals surface area contributed by atoms with Crippen LogP contribution in [0.25, 0.3) is 0 Å². The van der Waals surface area contributed by atoms with Crippen LogP contribution in [-0.2, 0) is 0 Å². The Kier molecular flexibility index (Phi) is 2.35. The molecule has 1 fully saturated rings. The molecule has 0 nitrogen and oxygen atoms in total. The average molecular weight is 182 g/mol. The van der Waals surface area contributed by atoms with Crippen molar-refractivity contribution in [2.24, 2.45) is 0 Å². The molecule has 1 saturated heterocycles. The predicted molar refractivity (Wildman–Crippen MR) is 50.8 cm³/mol. The predicted octanol–water partition coefficient (Wildman–Crippen LogP) is 3.39. The molecule has 1 aliphatic heterocycles. The van der Waals surface area contributed by atoms with Gasteiger partial charge in [0.1, 0.15) is 5.82 Å². The van der Waals surface area contributed by atoms with E-state index in [-0.39, 0.29) is 5.82 Å². The fourth-order valence-corrected chi connectivity index (χ4v) is 2.82. The number of benzene rings is 1. The smallest absolute Gasteiger partial charge is 0.123 e. The van der Waals surface area contributed by atoms with E-state index < -0.39 is 0 Å². The summed E-state index contributed by atoms with van der Waals surface area (Å²) < 4.78 is 12.6. The monoisotopic (exact) mass is 182 g/mol. The Hall–Kier alpha value is -0.500. The second-order valence-corrected chi connectivity index (χ2v) is 4.36. The maximum Gasteiger partial charge on any atom is 0.123 e. The summed E-state index contributed by atoms with van der Waals surface area (Å²) in [5.74, 6) is 1.11. The van der Waals surface area contributed by atoms with Gasteiger partial charge in [0.15, 0.2) is 0 Å². The zero-order chi connectivity index (χ0) is 8.39. The quantitative estimate of drug-likeness (QED) is 0.641. The Morgan fingerprint density at radius 3 is 2.58 bits per heavy atom. The molecule has 0 amide bonds. The molecule has 0 spiro atoms. The topological polar surface area (TPSA) is 0 Å². The van der Waals surface area contributed by atoms with E-state index in [4.69, 9.17) is 0 Å². The molecule has 64 valence electrons. The van der Waals surface area contributed by atoms with E-state index in [1.165, 1.54) is 24.2 Å². The third-order valence-corrected chi connectivity index (χ3v) is 3.61. The van der Waals surface area contributed by atoms with Crippen LogP contribution >= 0.6 is 11.8 Å². The van der Waals surface area contributed by atoms with Crippen molar-refractivity contribution >= 4 is 11.8 Å². The first-order valence-corrected chi connectivity index (χ1v) is 5.28. The van der Waals surface area contributed by atoms with Gasteiger partial charge in [-0.1, -0.05) is 12.1 Å². The molecule has 0 bridgehead atoms. The summed E-state index contributed by atoms with van der Waals surface area (Å²) in [6, 6.07) is 6.90. The number of thioether (sulfide) groups is 1. The molecule has 1 heterocycles. The van der Waals surface area contributed by atoms with Crippen LogP contribution in [0.15, 0.2) is 24.3 Å². The lowest BCUT2D eigenvalue weighted by Crippen LogP contribution is -1.87. The van der Waals surface area contributed by atoms with Gasteiger partial charge < -0.3 is 0 Å². The van der Waals surface area contributed by atoms with Crippen LogP contribution < -0.4 is 0 Å². The van der Waals surface area contributed by atoms with Gasteiger partial charge in [0.25, 0.3) is 0 Å². The van der Waals surface area contributed by atoms with E-state index in [2.05, 4.69) is 0 Å². The zero-order valence-corrected chi connectivity index (χ0v) is 7.61. The summed E-state index contributed by atoms with van der Waals surface area (Å²) in [7, 11) is 0. The minimum Gasteiger partial charge on any atom is -0.207 e. The lowest BCUT2D eigenvalue weighted by molar-refractivity contribution is 0.626. The molecule has 1 aliphatic rings. The molecule has 0 saturated carbocycles. The van der Waals surface area contributed by atoms with Crippen LogP contribution in [0.1, 0.15) is 23.7 Å². The van der Waals surface area contributed by atoms with Gasteiger partial charge >= 0.3 is 0 Å². The minimum atomic E-state index is -0.137. The second kappa shape index (κ2) is 3.48. The van der Waals surface area contributed by atoms with E-state index in [1.807, 2.05) is 23.9 Å². The molecule has 0 radical (unpaired) electrons. The summed E-state index contributed by atoms with van der Waals surface area (Å²) in [6.07, 6.45) is 2.54. The molecule has 1 atom stereocenters. The Morgan fingerprint density at radius 1 is 1.25 bits per heavy atom. The van der Waals surface area contributed by atoms with Crippen molar-refractivity contribution in [2.45, 2.75) is 18.1 Å². The Labute approximate surface area is 76.2 Å². The first-order valence-electron chi connectivity index (χ1n) is 4.23. The van der Waals surface area contributed by atoms with Crippen molar-refractivity contribution in [1.82, 2.24) is 0 Å². The Bertz CT molecular complexity index is 249. The normalized spacial score (nSPS) is 22.9. The van der Waals surface area contributed by atoms with Crippen molar-refractivity contribution in [3.05, 3.63) is 35.6 Å². The highest BCUT2D eigenvalue weighted by Gasteiger charge is 2.16. The third kappa shape index (κ3) is 1.63. The summed E-state index contributed by atoms with van der Waals surface area (Å²) in [6.45, 7) is 0. The summed E-state index contributed by atoms with van der Waals surface area (Å²) in [5.41, 5.74) is 1.28. The third-order valence-electron chi connectivity index (χ3n) is 2.17. The number of rotatable bonds is 1. The SMILES string of the molecule is Fc1ccc([C@H]2CCCS2)cc1. The van der Waals surface area contributed by atoms with Crippen molar-refractivity contribution in [1.29, 1.82) is 0 Å². The Morgan fingerprint density at radius 2 is 2.00 bits per heavy atom. The van der Waals surface area contributed by atoms with E-state index in [0.717, 1.165) is 0 Å². The van der Waals surface area contributed by atoms with Gasteiger partial charge in [-0.15, -0.1) is 0 Å². The molecule has 0 unspecified atom stereocenters. The van der Waals surface area contributed by atoms with E-state index in [9.17, 15) is 4.39 Å². The maximum absolute atomic E-state index is 12.6. The first kappa shape index (κ1) is 8.11. The standard InChI is InChI=1S/C10H11FS/c11-9-5-3-8(4-6-9)10-2-1-7-12-10/h3-6,10H,1-2,7H2/t10-/m1/s1. The largest absolute Gasteiger partial charge is 0.207 e. The van der Waals surface area contributed by atoms with Crippen molar-refractivity contribution in [3.63, 3.8) is 0 Å². The maximum atomic E-state index is 12.6. The summed E-state index contributed by atoms with van der Waals surface area (Å²) in [5, 5.41) is 0.616. The van der Waals surface area contributed by atoms with Crippen LogP contribution in [0.5, 0.6) is 0 Å². The first-order chi connectivity index (χ1) is 5.86. The fourth-order valence-electron chi connectivity index (χ4n) is 1.52. The lowest BCUT2D eigenvalue weighted by atomic mass is 10.1. The van der Waals surface area contributed by atoms with Gasteiger partial charge in [-0.05, 0) is 36.3 Å². The molecule has 12 heavy (non-hydrogen) atoms. The molecule has 0 aromatic heterocycles. The van der Waals surface area contributed by atoms with Gasteiger partial charge in [-0.2, -0.15) is 11.8 Å². The highest BCUT2D eigenvalue weighted by Crippen LogP contribution is 2.39. The summed E-state index contributed by atoms with van der Waals surface area (Å²) in [4.78, 5) is 0. The van der Waals surface area contributed by atoms with E-state index in [0.29, 0.717) is 5.25 Å². The van der Waals surface area contributed by atoms with Gasteiger partial charge in [0, 0.05) is 5.25 Å². The Balaban J connectivity index is 2.17. The van der Waals surface area contributed by atoms with Gasteiger partial charge in [-0.3, -0.25) is 0 Å². The van der Waals surface area contributed by atoms with E-state index >= 15 is 0 Å². The molecule has 0 N–H and O–H groups in total. The molecule has 2 rings (SSSR count). The van der Waals surface area contributed by atoms with Gasteiger partial charge in [0.05, 0.1) is 0 Å². The highest BCUT2D eigenvalue weighted by molar-refractivity contribution is 7.99. The van der Waals surface area contributed by atoms with Gasteiger partial charge in [0.2, 0.25) is 0 Å². The highest BCUT2D eigenvalue weighted by atomic mass is 32.2. The van der Waals surface area contributed by atoms with Crippen molar-refractivity contribution in [2.75, 3.05) is 5.75 Å². The average Bonchev–Trinajstić information content (AvgIpc) is 2.58. The van der Waals surface area contributed by atoms with Gasteiger partial charge in [-0.25, -0.2) is 4.39 Å². The molecule has 1 aromatic rings. The van der Waals surface area contributed by atoms with Crippen molar-refractivity contribution in [3.8, 4) is 0 Å². The molecule has 0 aliphatic carbocycles. The molecule has 2 heteroatoms. The van der Waals surface area contributed by atoms with Crippen LogP contribution in [0.3, 0.4) is 0 Å². The fraction of sp³-hybridized carbons (Fsp3) is 0.400. The van der Waals surface area contributed by atoms with Crippen LogP contribution in [0.4, 0.5) is 4.39 Å². The summed E-state index contributed by atoms with van der Waals surface area (Å²) >= 11 is 1.98. The molecular formula is C10H11FS. The minimum absolute atomic E-state index is 0.137. The molecular weight excluding hydrogens is 171 g/mol. The van der Waals surface area contributed by atoms with Crippen LogP contribution in [0.2, 0.25) is 0 Å².